The molecule has 0 bridgehead atoms. The quantitative estimate of drug-likeness (QED) is 0.522. The molecule has 2 aromatic heterocycles. The number of H-pyrrole nitrogens is 1. The first-order chi connectivity index (χ1) is 16.2. The second-order valence-electron chi connectivity index (χ2n) is 8.71. The minimum absolute atomic E-state index is 0.0278. The number of aryl methyl sites for hydroxylation is 1. The van der Waals surface area contributed by atoms with Gasteiger partial charge in [-0.1, -0.05) is 6.08 Å². The highest BCUT2D eigenvalue weighted by Gasteiger charge is 2.49. The molecule has 2 aromatic rings. The van der Waals surface area contributed by atoms with Crippen molar-refractivity contribution in [2.45, 2.75) is 36.7 Å². The van der Waals surface area contributed by atoms with E-state index in [2.05, 4.69) is 19.8 Å². The fourth-order valence-electron chi connectivity index (χ4n) is 4.02. The van der Waals surface area contributed by atoms with Gasteiger partial charge in [-0.15, -0.1) is 0 Å². The van der Waals surface area contributed by atoms with E-state index in [4.69, 9.17) is 0 Å². The van der Waals surface area contributed by atoms with Crippen LogP contribution in [0.4, 0.5) is 9.18 Å². The average molecular weight is 489 g/mol. The minimum Gasteiger partial charge on any atom is -0.345 e. The largest absolute Gasteiger partial charge is 0.502 e. The third kappa shape index (κ3) is 4.01. The number of halogens is 1. The Kier molecular flexibility index (Phi) is 5.32. The van der Waals surface area contributed by atoms with Gasteiger partial charge in [0.2, 0.25) is 10.0 Å². The molecule has 5 rings (SSSR count). The molecule has 0 radical (unpaired) electrons. The highest BCUT2D eigenvalue weighted by molar-refractivity contribution is 7.90. The van der Waals surface area contributed by atoms with Crippen LogP contribution < -0.4 is 4.72 Å². The summed E-state index contributed by atoms with van der Waals surface area (Å²) in [7, 11) is -2.27. The third-order valence-corrected chi connectivity index (χ3v) is 7.81. The van der Waals surface area contributed by atoms with E-state index in [0.717, 1.165) is 4.90 Å². The zero-order chi connectivity index (χ0) is 24.1. The van der Waals surface area contributed by atoms with Gasteiger partial charge in [0.05, 0.1) is 30.0 Å². The van der Waals surface area contributed by atoms with Crippen LogP contribution in [0.5, 0.6) is 0 Å². The predicted octanol–water partition coefficient (Wildman–Crippen LogP) is 0.545. The number of fused-ring (bicyclic) bond motifs is 1. The fraction of sp³-hybridized carbons (Fsp3) is 0.381. The molecule has 0 aromatic carbocycles. The van der Waals surface area contributed by atoms with Crippen molar-refractivity contribution in [3.8, 4) is 0 Å². The average Bonchev–Trinajstić information content (AvgIpc) is 3.17. The van der Waals surface area contributed by atoms with Crippen molar-refractivity contribution in [1.82, 2.24) is 29.4 Å². The van der Waals surface area contributed by atoms with Crippen molar-refractivity contribution in [2.75, 3.05) is 6.67 Å². The number of nitrogens with one attached hydrogen (secondary N) is 2. The molecule has 2 aliphatic carbocycles. The molecule has 0 spiro atoms. The van der Waals surface area contributed by atoms with Crippen LogP contribution in [0.3, 0.4) is 0 Å². The van der Waals surface area contributed by atoms with Crippen LogP contribution in [-0.4, -0.2) is 72.8 Å². The van der Waals surface area contributed by atoms with Crippen molar-refractivity contribution < 1.29 is 27.0 Å². The molecule has 1 fully saturated rings. The number of rotatable bonds is 8. The van der Waals surface area contributed by atoms with Crippen LogP contribution in [0.15, 0.2) is 48.7 Å². The molecule has 1 saturated carbocycles. The molecule has 11 nitrogen and oxygen atoms in total. The number of carbonyl (C=O) groups excluding carboxylic acids is 2. The smallest absolute Gasteiger partial charge is 0.345 e. The SMILES string of the molecule is Cn1cc(CN2C(=O)C3=CC(S(=O)(=O)NC4(CF)CC4)C=CC3=[N+](Cc3cnc[nH]3)C2=O)cn1. The number of imidazole rings is 1. The molecule has 178 valence electrons. The number of aromatic amines is 1. The number of nitrogens with zero attached hydrogens (tertiary/aromatic N) is 5. The van der Waals surface area contributed by atoms with E-state index >= 15 is 0 Å². The summed E-state index contributed by atoms with van der Waals surface area (Å²) in [5, 5.41) is 2.90. The number of imide groups is 1. The van der Waals surface area contributed by atoms with Gasteiger partial charge in [0.15, 0.2) is 0 Å². The van der Waals surface area contributed by atoms with Gasteiger partial charge < -0.3 is 4.98 Å². The molecule has 1 atom stereocenters. The Labute approximate surface area is 194 Å². The Balaban J connectivity index is 1.53. The summed E-state index contributed by atoms with van der Waals surface area (Å²) >= 11 is 0. The number of urea groups is 1. The molecule has 3 amide bonds. The van der Waals surface area contributed by atoms with E-state index in [-0.39, 0.29) is 18.7 Å². The second kappa shape index (κ2) is 8.09. The number of hydrogen-bond donors (Lipinski definition) is 2. The lowest BCUT2D eigenvalue weighted by atomic mass is 9.99. The molecule has 1 unspecified atom stereocenters. The molecule has 3 aliphatic rings. The normalized spacial score (nSPS) is 21.6. The van der Waals surface area contributed by atoms with Crippen molar-refractivity contribution >= 4 is 27.7 Å². The predicted molar refractivity (Wildman–Crippen MR) is 118 cm³/mol. The van der Waals surface area contributed by atoms with Gasteiger partial charge in [0.1, 0.15) is 36.3 Å². The zero-order valence-corrected chi connectivity index (χ0v) is 19.1. The topological polar surface area (TPSA) is 133 Å². The Bertz CT molecular complexity index is 1350. The lowest BCUT2D eigenvalue weighted by Gasteiger charge is -2.26. The second-order valence-corrected chi connectivity index (χ2v) is 10.5. The molecule has 34 heavy (non-hydrogen) atoms. The summed E-state index contributed by atoms with van der Waals surface area (Å²) in [5.74, 6) is -0.610. The summed E-state index contributed by atoms with van der Waals surface area (Å²) in [6.45, 7) is -0.714. The molecule has 1 aliphatic heterocycles. The van der Waals surface area contributed by atoms with Crippen LogP contribution in [0.2, 0.25) is 0 Å². The standard InChI is InChI=1S/C21H23FN7O4S/c1-27-9-14(7-25-27)10-29-19(30)17-6-16(34(32,33)26-21(12-22)4-5-21)2-3-18(17)28(20(29)31)11-15-8-23-13-24-15/h2-3,6-9,13,16,26H,4-5,10-12H2,1H3,(H,23,24)/q+1. The lowest BCUT2D eigenvalue weighted by Crippen LogP contribution is -2.51. The van der Waals surface area contributed by atoms with E-state index in [1.807, 2.05) is 0 Å². The maximum atomic E-state index is 13.4. The number of allylic oxidation sites excluding steroid dienone is 1. The molecule has 2 N–H and O–H groups in total. The Morgan fingerprint density at radius 1 is 1.32 bits per heavy atom. The highest BCUT2D eigenvalue weighted by Crippen LogP contribution is 2.37. The van der Waals surface area contributed by atoms with Crippen molar-refractivity contribution in [3.05, 3.63) is 60.0 Å². The molecular formula is C21H23FN7O4S+. The summed E-state index contributed by atoms with van der Waals surface area (Å²) in [6.07, 6.45) is 11.3. The first kappa shape index (κ1) is 22.3. The third-order valence-electron chi connectivity index (χ3n) is 6.09. The van der Waals surface area contributed by atoms with E-state index < -0.39 is 39.4 Å². The summed E-state index contributed by atoms with van der Waals surface area (Å²) in [5.41, 5.74) is 0.613. The summed E-state index contributed by atoms with van der Waals surface area (Å²) in [4.78, 5) is 34.7. The molecular weight excluding hydrogens is 465 g/mol. The van der Waals surface area contributed by atoms with Crippen LogP contribution in [0, 0.1) is 0 Å². The van der Waals surface area contributed by atoms with Crippen molar-refractivity contribution in [3.63, 3.8) is 0 Å². The van der Waals surface area contributed by atoms with E-state index in [9.17, 15) is 22.4 Å². The Morgan fingerprint density at radius 3 is 2.74 bits per heavy atom. The number of amides is 3. The number of alkyl halides is 1. The first-order valence-electron chi connectivity index (χ1n) is 10.7. The van der Waals surface area contributed by atoms with Gasteiger partial charge in [-0.3, -0.25) is 4.68 Å². The van der Waals surface area contributed by atoms with Crippen LogP contribution in [0.1, 0.15) is 24.1 Å². The van der Waals surface area contributed by atoms with Crippen molar-refractivity contribution in [2.24, 2.45) is 7.05 Å². The zero-order valence-electron chi connectivity index (χ0n) is 18.3. The monoisotopic (exact) mass is 488 g/mol. The number of hydrogen-bond acceptors (Lipinski definition) is 6. The van der Waals surface area contributed by atoms with E-state index in [1.54, 1.807) is 30.3 Å². The number of sulfonamides is 1. The van der Waals surface area contributed by atoms with Gasteiger partial charge in [-0.25, -0.2) is 27.3 Å². The van der Waals surface area contributed by atoms with Gasteiger partial charge >= 0.3 is 11.9 Å². The van der Waals surface area contributed by atoms with E-state index in [1.165, 1.54) is 29.1 Å². The maximum Gasteiger partial charge on any atom is 0.502 e. The van der Waals surface area contributed by atoms with Gasteiger partial charge in [0.25, 0.3) is 0 Å². The Morgan fingerprint density at radius 2 is 2.12 bits per heavy atom. The van der Waals surface area contributed by atoms with Crippen LogP contribution >= 0.6 is 0 Å². The molecule has 3 heterocycles. The Hall–Kier alpha value is -3.45. The van der Waals surface area contributed by atoms with Crippen LogP contribution in [-0.2, 0) is 35.0 Å². The van der Waals surface area contributed by atoms with Gasteiger partial charge in [-0.05, 0) is 25.0 Å². The summed E-state index contributed by atoms with van der Waals surface area (Å²) in [6, 6.07) is -0.547. The van der Waals surface area contributed by atoms with E-state index in [0.29, 0.717) is 29.8 Å². The fourth-order valence-corrected chi connectivity index (χ4v) is 5.62. The van der Waals surface area contributed by atoms with Gasteiger partial charge in [-0.2, -0.15) is 19.4 Å². The lowest BCUT2D eigenvalue weighted by molar-refractivity contribution is -0.453. The first-order valence-corrected chi connectivity index (χ1v) is 12.2. The number of carbonyl (C=O) groups is 2. The van der Waals surface area contributed by atoms with Crippen molar-refractivity contribution in [1.29, 1.82) is 0 Å². The minimum atomic E-state index is -3.99. The van der Waals surface area contributed by atoms with Crippen LogP contribution in [0.25, 0.3) is 0 Å². The maximum absolute atomic E-state index is 13.4. The van der Waals surface area contributed by atoms with Gasteiger partial charge in [0, 0.05) is 18.8 Å². The summed E-state index contributed by atoms with van der Waals surface area (Å²) < 4.78 is 44.6. The molecule has 0 saturated heterocycles. The highest BCUT2D eigenvalue weighted by atomic mass is 32.2. The molecule has 13 heteroatoms. The number of aromatic nitrogens is 4.